The molecule has 0 atom stereocenters. The molecule has 4 heteroatoms. The molecule has 0 aliphatic heterocycles. The van der Waals surface area contributed by atoms with Gasteiger partial charge >= 0.3 is 0 Å². The van der Waals surface area contributed by atoms with Gasteiger partial charge in [-0.25, -0.2) is 4.98 Å². The molecule has 0 aliphatic carbocycles. The van der Waals surface area contributed by atoms with E-state index in [4.69, 9.17) is 5.73 Å². The molecule has 0 unspecified atom stereocenters. The summed E-state index contributed by atoms with van der Waals surface area (Å²) in [6.07, 6.45) is 1.79. The molecule has 3 rings (SSSR count). The van der Waals surface area contributed by atoms with Gasteiger partial charge in [-0.15, -0.1) is 0 Å². The zero-order chi connectivity index (χ0) is 12.4. The number of rotatable bonds is 2. The number of nitrogen functional groups attached to an aromatic ring is 1. The highest BCUT2D eigenvalue weighted by molar-refractivity contribution is 7.99. The van der Waals surface area contributed by atoms with Crippen molar-refractivity contribution >= 4 is 28.5 Å². The highest BCUT2D eigenvalue weighted by Gasteiger charge is 2.01. The molecular formula is C14H11N3S. The first kappa shape index (κ1) is 11.0. The summed E-state index contributed by atoms with van der Waals surface area (Å²) in [4.78, 5) is 10.1. The van der Waals surface area contributed by atoms with E-state index in [0.717, 1.165) is 26.6 Å². The van der Waals surface area contributed by atoms with E-state index in [1.54, 1.807) is 18.0 Å². The Morgan fingerprint density at radius 2 is 1.61 bits per heavy atom. The number of nitrogens with zero attached hydrogens (tertiary/aromatic N) is 2. The Kier molecular flexibility index (Phi) is 2.86. The number of fused-ring (bicyclic) bond motifs is 1. The van der Waals surface area contributed by atoms with Crippen LogP contribution in [-0.4, -0.2) is 9.97 Å². The molecule has 1 heterocycles. The third-order valence-electron chi connectivity index (χ3n) is 2.53. The summed E-state index contributed by atoms with van der Waals surface area (Å²) in [7, 11) is 0. The Morgan fingerprint density at radius 1 is 0.889 bits per heavy atom. The zero-order valence-electron chi connectivity index (χ0n) is 9.58. The third-order valence-corrected chi connectivity index (χ3v) is 3.44. The molecule has 0 saturated carbocycles. The number of nitrogens with two attached hydrogens (primary N) is 1. The first-order valence-corrected chi connectivity index (χ1v) is 6.38. The number of anilines is 1. The van der Waals surface area contributed by atoms with Crippen LogP contribution in [-0.2, 0) is 0 Å². The molecule has 0 spiro atoms. The number of hydrogen-bond acceptors (Lipinski definition) is 4. The molecule has 0 aliphatic rings. The van der Waals surface area contributed by atoms with E-state index in [0.29, 0.717) is 0 Å². The average molecular weight is 253 g/mol. The van der Waals surface area contributed by atoms with Crippen molar-refractivity contribution in [2.45, 2.75) is 9.92 Å². The van der Waals surface area contributed by atoms with Crippen molar-refractivity contribution < 1.29 is 0 Å². The lowest BCUT2D eigenvalue weighted by molar-refractivity contribution is 1.12. The number of hydrogen-bond donors (Lipinski definition) is 1. The fourth-order valence-corrected chi connectivity index (χ4v) is 2.41. The van der Waals surface area contributed by atoms with Crippen molar-refractivity contribution in [3.63, 3.8) is 0 Å². The lowest BCUT2D eigenvalue weighted by atomic mass is 10.3. The molecule has 0 fully saturated rings. The quantitative estimate of drug-likeness (QED) is 0.711. The van der Waals surface area contributed by atoms with Gasteiger partial charge in [-0.1, -0.05) is 23.9 Å². The van der Waals surface area contributed by atoms with Crippen LogP contribution >= 0.6 is 11.8 Å². The van der Waals surface area contributed by atoms with Crippen LogP contribution in [0.1, 0.15) is 0 Å². The van der Waals surface area contributed by atoms with Gasteiger partial charge in [-0.3, -0.25) is 4.98 Å². The summed E-state index contributed by atoms with van der Waals surface area (Å²) in [6, 6.07) is 15.6. The van der Waals surface area contributed by atoms with Crippen molar-refractivity contribution in [1.29, 1.82) is 0 Å². The molecule has 0 radical (unpaired) electrons. The predicted molar refractivity (Wildman–Crippen MR) is 74.5 cm³/mol. The van der Waals surface area contributed by atoms with Gasteiger partial charge < -0.3 is 5.73 Å². The molecule has 0 bridgehead atoms. The van der Waals surface area contributed by atoms with E-state index >= 15 is 0 Å². The standard InChI is InChI=1S/C14H11N3S/c15-10-5-7-11(8-6-10)18-14-9-16-12-3-1-2-4-13(12)17-14/h1-9H,15H2. The molecular weight excluding hydrogens is 242 g/mol. The van der Waals surface area contributed by atoms with Gasteiger partial charge in [0.1, 0.15) is 5.03 Å². The average Bonchev–Trinajstić information content (AvgIpc) is 2.41. The van der Waals surface area contributed by atoms with Crippen LogP contribution in [0.25, 0.3) is 11.0 Å². The van der Waals surface area contributed by atoms with Crippen molar-refractivity contribution in [1.82, 2.24) is 9.97 Å². The summed E-state index contributed by atoms with van der Waals surface area (Å²) >= 11 is 1.58. The van der Waals surface area contributed by atoms with E-state index in [9.17, 15) is 0 Å². The van der Waals surface area contributed by atoms with Gasteiger partial charge in [-0.05, 0) is 36.4 Å². The van der Waals surface area contributed by atoms with Gasteiger partial charge in [-0.2, -0.15) is 0 Å². The van der Waals surface area contributed by atoms with Crippen LogP contribution in [0.3, 0.4) is 0 Å². The van der Waals surface area contributed by atoms with E-state index in [1.165, 1.54) is 0 Å². The molecule has 0 saturated heterocycles. The summed E-state index contributed by atoms with van der Waals surface area (Å²) in [5, 5.41) is 0.887. The summed E-state index contributed by atoms with van der Waals surface area (Å²) < 4.78 is 0. The van der Waals surface area contributed by atoms with Crippen LogP contribution in [0.2, 0.25) is 0 Å². The molecule has 3 aromatic rings. The van der Waals surface area contributed by atoms with E-state index in [2.05, 4.69) is 9.97 Å². The molecule has 0 amide bonds. The maximum absolute atomic E-state index is 5.66. The Bertz CT molecular complexity index is 680. The van der Waals surface area contributed by atoms with Gasteiger partial charge in [0.2, 0.25) is 0 Å². The predicted octanol–water partition coefficient (Wildman–Crippen LogP) is 3.36. The smallest absolute Gasteiger partial charge is 0.120 e. The van der Waals surface area contributed by atoms with E-state index < -0.39 is 0 Å². The molecule has 3 nitrogen and oxygen atoms in total. The Hall–Kier alpha value is -2.07. The first-order chi connectivity index (χ1) is 8.81. The second-order valence-corrected chi connectivity index (χ2v) is 4.96. The van der Waals surface area contributed by atoms with E-state index in [-0.39, 0.29) is 0 Å². The fraction of sp³-hybridized carbons (Fsp3) is 0. The molecule has 1 aromatic heterocycles. The maximum atomic E-state index is 5.66. The van der Waals surface area contributed by atoms with E-state index in [1.807, 2.05) is 48.5 Å². The lowest BCUT2D eigenvalue weighted by Crippen LogP contribution is -1.86. The van der Waals surface area contributed by atoms with Gasteiger partial charge in [0.05, 0.1) is 17.2 Å². The van der Waals surface area contributed by atoms with Crippen molar-refractivity contribution in [2.75, 3.05) is 5.73 Å². The highest BCUT2D eigenvalue weighted by Crippen LogP contribution is 2.27. The summed E-state index contributed by atoms with van der Waals surface area (Å²) in [5.41, 5.74) is 8.26. The second kappa shape index (κ2) is 4.66. The minimum absolute atomic E-state index is 0.768. The minimum Gasteiger partial charge on any atom is -0.399 e. The van der Waals surface area contributed by atoms with Crippen LogP contribution in [0.15, 0.2) is 64.6 Å². The Balaban J connectivity index is 1.92. The van der Waals surface area contributed by atoms with Crippen molar-refractivity contribution in [3.8, 4) is 0 Å². The topological polar surface area (TPSA) is 51.8 Å². The van der Waals surface area contributed by atoms with Crippen LogP contribution < -0.4 is 5.73 Å². The monoisotopic (exact) mass is 253 g/mol. The van der Waals surface area contributed by atoms with Crippen LogP contribution in [0.4, 0.5) is 5.69 Å². The zero-order valence-corrected chi connectivity index (χ0v) is 10.4. The number of benzene rings is 2. The Morgan fingerprint density at radius 3 is 2.39 bits per heavy atom. The number of aromatic nitrogens is 2. The molecule has 88 valence electrons. The largest absolute Gasteiger partial charge is 0.399 e. The fourth-order valence-electron chi connectivity index (χ4n) is 1.65. The maximum Gasteiger partial charge on any atom is 0.120 e. The summed E-state index contributed by atoms with van der Waals surface area (Å²) in [5.74, 6) is 0. The lowest BCUT2D eigenvalue weighted by Gasteiger charge is -2.02. The first-order valence-electron chi connectivity index (χ1n) is 5.56. The molecule has 2 aromatic carbocycles. The second-order valence-electron chi connectivity index (χ2n) is 3.87. The minimum atomic E-state index is 0.768. The van der Waals surface area contributed by atoms with Gasteiger partial charge in [0.25, 0.3) is 0 Å². The van der Waals surface area contributed by atoms with Gasteiger partial charge in [0.15, 0.2) is 0 Å². The third kappa shape index (κ3) is 2.28. The van der Waals surface area contributed by atoms with Crippen LogP contribution in [0, 0.1) is 0 Å². The summed E-state index contributed by atoms with van der Waals surface area (Å²) in [6.45, 7) is 0. The van der Waals surface area contributed by atoms with Crippen molar-refractivity contribution in [2.24, 2.45) is 0 Å². The van der Waals surface area contributed by atoms with Gasteiger partial charge in [0, 0.05) is 10.6 Å². The number of para-hydroxylation sites is 2. The molecule has 2 N–H and O–H groups in total. The normalized spacial score (nSPS) is 10.7. The van der Waals surface area contributed by atoms with Crippen LogP contribution in [0.5, 0.6) is 0 Å². The molecule has 18 heavy (non-hydrogen) atoms. The van der Waals surface area contributed by atoms with Crippen molar-refractivity contribution in [3.05, 3.63) is 54.7 Å². The SMILES string of the molecule is Nc1ccc(Sc2cnc3ccccc3n2)cc1. The highest BCUT2D eigenvalue weighted by atomic mass is 32.2. The Labute approximate surface area is 109 Å².